The van der Waals surface area contributed by atoms with E-state index in [4.69, 9.17) is 4.74 Å². The number of hydrogen-bond donors (Lipinski definition) is 2. The summed E-state index contributed by atoms with van der Waals surface area (Å²) in [6.07, 6.45) is 2.70. The van der Waals surface area contributed by atoms with Crippen LogP contribution in [0.25, 0.3) is 0 Å². The number of carbonyl (C=O) groups excluding carboxylic acids is 1. The third kappa shape index (κ3) is 7.70. The molecule has 2 fully saturated rings. The molecule has 2 N–H and O–H groups in total. The average Bonchev–Trinajstić information content (AvgIpc) is 2.77. The van der Waals surface area contributed by atoms with Crippen LogP contribution in [0.15, 0.2) is 29.3 Å². The van der Waals surface area contributed by atoms with Crippen LogP contribution in [0.4, 0.5) is 0 Å². The van der Waals surface area contributed by atoms with E-state index < -0.39 is 0 Å². The molecule has 2 heterocycles. The fourth-order valence-corrected chi connectivity index (χ4v) is 4.01. The molecule has 0 atom stereocenters. The minimum atomic E-state index is 0. The molecule has 1 amide bonds. The molecule has 3 rings (SSSR count). The van der Waals surface area contributed by atoms with Gasteiger partial charge in [-0.25, -0.2) is 0 Å². The lowest BCUT2D eigenvalue weighted by Gasteiger charge is -2.34. The molecule has 0 bridgehead atoms. The van der Waals surface area contributed by atoms with Crippen molar-refractivity contribution in [3.8, 4) is 0 Å². The fourth-order valence-electron chi connectivity index (χ4n) is 4.01. The van der Waals surface area contributed by atoms with Gasteiger partial charge in [-0.05, 0) is 29.9 Å². The van der Waals surface area contributed by atoms with Crippen LogP contribution in [0.5, 0.6) is 0 Å². The number of guanidine groups is 1. The number of benzene rings is 1. The molecule has 1 aromatic carbocycles. The number of ether oxygens (including phenoxy) is 1. The van der Waals surface area contributed by atoms with E-state index in [2.05, 4.69) is 49.7 Å². The highest BCUT2D eigenvalue weighted by Crippen LogP contribution is 2.20. The Balaban J connectivity index is 0.00000320. The number of likely N-dealkylation sites (tertiary alicyclic amines) is 1. The van der Waals surface area contributed by atoms with Gasteiger partial charge >= 0.3 is 0 Å². The van der Waals surface area contributed by atoms with Gasteiger partial charge in [0, 0.05) is 59.8 Å². The fraction of sp³-hybridized carbons (Fsp3) is 0.636. The van der Waals surface area contributed by atoms with E-state index in [1.165, 1.54) is 11.1 Å². The van der Waals surface area contributed by atoms with Crippen molar-refractivity contribution in [2.24, 2.45) is 10.9 Å². The first kappa shape index (κ1) is 24.9. The molecular weight excluding hydrogens is 493 g/mol. The first-order valence-corrected chi connectivity index (χ1v) is 10.7. The SMILES string of the molecule is CN=C(NCc1ccc(CN2CCOCC2)cc1)N1CCC(CC(=O)NC)CC1.I. The topological polar surface area (TPSA) is 69.2 Å². The van der Waals surface area contributed by atoms with Crippen LogP contribution in [0.2, 0.25) is 0 Å². The molecule has 0 spiro atoms. The van der Waals surface area contributed by atoms with Crippen LogP contribution in [-0.4, -0.2) is 75.2 Å². The van der Waals surface area contributed by atoms with Gasteiger partial charge in [0.15, 0.2) is 5.96 Å². The second-order valence-corrected chi connectivity index (χ2v) is 7.91. The summed E-state index contributed by atoms with van der Waals surface area (Å²) in [5.41, 5.74) is 2.60. The first-order valence-electron chi connectivity index (χ1n) is 10.7. The van der Waals surface area contributed by atoms with Crippen molar-refractivity contribution in [3.05, 3.63) is 35.4 Å². The number of carbonyl (C=O) groups is 1. The molecule has 2 aliphatic heterocycles. The van der Waals surface area contributed by atoms with Crippen LogP contribution < -0.4 is 10.6 Å². The van der Waals surface area contributed by atoms with Crippen molar-refractivity contribution in [3.63, 3.8) is 0 Å². The number of nitrogens with zero attached hydrogens (tertiary/aromatic N) is 3. The maximum Gasteiger partial charge on any atom is 0.220 e. The van der Waals surface area contributed by atoms with E-state index >= 15 is 0 Å². The molecule has 0 aromatic heterocycles. The number of piperidine rings is 1. The van der Waals surface area contributed by atoms with Gasteiger partial charge in [-0.3, -0.25) is 14.7 Å². The zero-order valence-corrected chi connectivity index (χ0v) is 20.6. The minimum Gasteiger partial charge on any atom is -0.379 e. The quantitative estimate of drug-likeness (QED) is 0.336. The van der Waals surface area contributed by atoms with Crippen molar-refractivity contribution in [1.29, 1.82) is 0 Å². The largest absolute Gasteiger partial charge is 0.379 e. The zero-order chi connectivity index (χ0) is 20.5. The van der Waals surface area contributed by atoms with Crippen molar-refractivity contribution >= 4 is 35.8 Å². The van der Waals surface area contributed by atoms with Crippen LogP contribution in [0, 0.1) is 5.92 Å². The third-order valence-electron chi connectivity index (χ3n) is 5.86. The van der Waals surface area contributed by atoms with E-state index in [0.717, 1.165) is 71.3 Å². The normalized spacial score (nSPS) is 18.6. The molecule has 0 unspecified atom stereocenters. The first-order chi connectivity index (χ1) is 14.2. The molecule has 0 radical (unpaired) electrons. The molecule has 1 aromatic rings. The Bertz CT molecular complexity index is 669. The zero-order valence-electron chi connectivity index (χ0n) is 18.2. The number of amides is 1. The lowest BCUT2D eigenvalue weighted by molar-refractivity contribution is -0.121. The molecule has 2 aliphatic rings. The summed E-state index contributed by atoms with van der Waals surface area (Å²) in [6.45, 7) is 7.35. The molecule has 0 aliphatic carbocycles. The van der Waals surface area contributed by atoms with Gasteiger partial charge in [-0.2, -0.15) is 0 Å². The molecule has 0 saturated carbocycles. The van der Waals surface area contributed by atoms with E-state index in [1.54, 1.807) is 7.05 Å². The Kier molecular flexibility index (Phi) is 10.9. The van der Waals surface area contributed by atoms with E-state index in [9.17, 15) is 4.79 Å². The van der Waals surface area contributed by atoms with E-state index in [1.807, 2.05) is 7.05 Å². The number of hydrogen-bond acceptors (Lipinski definition) is 4. The molecule has 2 saturated heterocycles. The van der Waals surface area contributed by atoms with Crippen LogP contribution in [-0.2, 0) is 22.6 Å². The smallest absolute Gasteiger partial charge is 0.220 e. The molecule has 168 valence electrons. The number of morpholine rings is 1. The average molecular weight is 529 g/mol. The highest BCUT2D eigenvalue weighted by molar-refractivity contribution is 14.0. The minimum absolute atomic E-state index is 0. The number of nitrogens with one attached hydrogen (secondary N) is 2. The maximum absolute atomic E-state index is 11.6. The summed E-state index contributed by atoms with van der Waals surface area (Å²) in [6, 6.07) is 8.84. The predicted molar refractivity (Wildman–Crippen MR) is 131 cm³/mol. The summed E-state index contributed by atoms with van der Waals surface area (Å²) in [7, 11) is 3.54. The Labute approximate surface area is 197 Å². The van der Waals surface area contributed by atoms with Gasteiger partial charge in [-0.1, -0.05) is 24.3 Å². The highest BCUT2D eigenvalue weighted by atomic mass is 127. The summed E-state index contributed by atoms with van der Waals surface area (Å²) < 4.78 is 5.42. The highest BCUT2D eigenvalue weighted by Gasteiger charge is 2.23. The van der Waals surface area contributed by atoms with Crippen molar-refractivity contribution in [2.75, 3.05) is 53.5 Å². The molecule has 7 nitrogen and oxygen atoms in total. The summed E-state index contributed by atoms with van der Waals surface area (Å²) in [5, 5.41) is 6.22. The summed E-state index contributed by atoms with van der Waals surface area (Å²) in [4.78, 5) is 20.8. The standard InChI is InChI=1S/C22H35N5O2.HI/c1-23-21(28)15-18-7-9-27(10-8-18)22(24-2)25-16-19-3-5-20(6-4-19)17-26-11-13-29-14-12-26;/h3-6,18H,7-17H2,1-2H3,(H,23,28)(H,24,25);1H. The number of halogens is 1. The van der Waals surface area contributed by atoms with Crippen molar-refractivity contribution in [1.82, 2.24) is 20.4 Å². The van der Waals surface area contributed by atoms with Crippen LogP contribution in [0.3, 0.4) is 0 Å². The van der Waals surface area contributed by atoms with Crippen molar-refractivity contribution in [2.45, 2.75) is 32.4 Å². The molecule has 8 heteroatoms. The van der Waals surface area contributed by atoms with E-state index in [0.29, 0.717) is 12.3 Å². The van der Waals surface area contributed by atoms with Gasteiger partial charge in [0.1, 0.15) is 0 Å². The second-order valence-electron chi connectivity index (χ2n) is 7.91. The van der Waals surface area contributed by atoms with Crippen LogP contribution in [0.1, 0.15) is 30.4 Å². The lowest BCUT2D eigenvalue weighted by Crippen LogP contribution is -2.45. The summed E-state index contributed by atoms with van der Waals surface area (Å²) >= 11 is 0. The van der Waals surface area contributed by atoms with Gasteiger partial charge in [-0.15, -0.1) is 24.0 Å². The van der Waals surface area contributed by atoms with Crippen molar-refractivity contribution < 1.29 is 9.53 Å². The monoisotopic (exact) mass is 529 g/mol. The van der Waals surface area contributed by atoms with E-state index in [-0.39, 0.29) is 29.9 Å². The predicted octanol–water partition coefficient (Wildman–Crippen LogP) is 2.06. The lowest BCUT2D eigenvalue weighted by atomic mass is 9.93. The second kappa shape index (κ2) is 13.1. The van der Waals surface area contributed by atoms with Gasteiger partial charge in [0.05, 0.1) is 13.2 Å². The Morgan fingerprint density at radius 1 is 1.10 bits per heavy atom. The Hall–Kier alpha value is -1.39. The number of aliphatic imine (C=N–C) groups is 1. The Morgan fingerprint density at radius 3 is 2.33 bits per heavy atom. The summed E-state index contributed by atoms with van der Waals surface area (Å²) in [5.74, 6) is 1.56. The molecule has 30 heavy (non-hydrogen) atoms. The Morgan fingerprint density at radius 2 is 1.73 bits per heavy atom. The van der Waals surface area contributed by atoms with Gasteiger partial charge in [0.25, 0.3) is 0 Å². The molecular formula is C22H36IN5O2. The van der Waals surface area contributed by atoms with Gasteiger partial charge < -0.3 is 20.3 Å². The third-order valence-corrected chi connectivity index (χ3v) is 5.86. The van der Waals surface area contributed by atoms with Crippen LogP contribution >= 0.6 is 24.0 Å². The maximum atomic E-state index is 11.6. The number of rotatable bonds is 6. The van der Waals surface area contributed by atoms with Gasteiger partial charge in [0.2, 0.25) is 5.91 Å².